The molecule has 0 spiro atoms. The van der Waals surface area contributed by atoms with Gasteiger partial charge in [0.15, 0.2) is 0 Å². The van der Waals surface area contributed by atoms with Gasteiger partial charge in [-0.15, -0.1) is 0 Å². The summed E-state index contributed by atoms with van der Waals surface area (Å²) >= 11 is 3.51. The van der Waals surface area contributed by atoms with E-state index in [-0.39, 0.29) is 10.8 Å². The lowest BCUT2D eigenvalue weighted by molar-refractivity contribution is -0.113. The lowest BCUT2D eigenvalue weighted by Crippen LogP contribution is -2.53. The van der Waals surface area contributed by atoms with Crippen LogP contribution in [-0.2, 0) is 20.4 Å². The van der Waals surface area contributed by atoms with Crippen molar-refractivity contribution in [3.63, 3.8) is 0 Å². The van der Waals surface area contributed by atoms with Crippen LogP contribution >= 0.6 is 15.9 Å². The van der Waals surface area contributed by atoms with Crippen molar-refractivity contribution in [3.05, 3.63) is 142 Å². The van der Waals surface area contributed by atoms with Crippen LogP contribution in [0, 0.1) is 12.8 Å². The fraction of sp³-hybridized carbons (Fsp3) is 0.156. The van der Waals surface area contributed by atoms with Crippen LogP contribution in [0.2, 0.25) is 0 Å². The molecule has 4 aromatic carbocycles. The summed E-state index contributed by atoms with van der Waals surface area (Å²) in [5.74, 6) is -0.958. The van der Waals surface area contributed by atoms with Crippen LogP contribution in [0.4, 0.5) is 0 Å². The first kappa shape index (κ1) is 26.3. The van der Waals surface area contributed by atoms with Crippen LogP contribution < -0.4 is 4.72 Å². The predicted octanol–water partition coefficient (Wildman–Crippen LogP) is 7.02. The average Bonchev–Trinajstić information content (AvgIpc) is 2.94. The minimum atomic E-state index is -4.01. The molecule has 0 radical (unpaired) electrons. The van der Waals surface area contributed by atoms with E-state index in [0.717, 1.165) is 33.0 Å². The minimum Gasteiger partial charge on any atom is -0.303 e. The third-order valence-electron chi connectivity index (χ3n) is 7.28. The molecule has 192 valence electrons. The molecule has 0 bridgehead atoms. The monoisotopic (exact) mass is 585 g/mol. The van der Waals surface area contributed by atoms with E-state index in [1.807, 2.05) is 97.9 Å². The number of halogens is 1. The smallest absolute Gasteiger partial charge is 0.241 e. The number of aryl methyl sites for hydroxylation is 1. The Kier molecular flexibility index (Phi) is 7.48. The standard InChI is InChI=1S/C32H28BrNO3S/c1-23-12-18-29(19-13-23)38(36,37)34-32(27-10-6-3-7-11-27)21-26(24-8-4-2-5-9-24)20-30(31(32)22-35)25-14-16-28(33)17-15-25/h2-19,21-22,30-31,34H,20H2,1H3/t30-,31-,32-/m1/s1. The van der Waals surface area contributed by atoms with E-state index in [4.69, 9.17) is 0 Å². The zero-order chi connectivity index (χ0) is 26.8. The Balaban J connectivity index is 1.76. The number of allylic oxidation sites excluding steroid dienone is 1. The number of carbonyl (C=O) groups excluding carboxylic acids is 1. The van der Waals surface area contributed by atoms with Crippen LogP contribution in [0.15, 0.2) is 125 Å². The summed E-state index contributed by atoms with van der Waals surface area (Å²) in [5.41, 5.74) is 3.31. The van der Waals surface area contributed by atoms with Crippen LogP contribution in [0.5, 0.6) is 0 Å². The number of hydrogen-bond acceptors (Lipinski definition) is 3. The highest BCUT2D eigenvalue weighted by molar-refractivity contribution is 9.10. The molecule has 3 atom stereocenters. The number of aldehydes is 1. The summed E-state index contributed by atoms with van der Waals surface area (Å²) in [6, 6.07) is 34.0. The number of hydrogen-bond donors (Lipinski definition) is 1. The van der Waals surface area contributed by atoms with Gasteiger partial charge in [0.2, 0.25) is 10.0 Å². The molecule has 0 unspecified atom stereocenters. The molecular formula is C32H28BrNO3S. The Morgan fingerprint density at radius 1 is 0.842 bits per heavy atom. The molecule has 0 amide bonds. The highest BCUT2D eigenvalue weighted by atomic mass is 79.9. The van der Waals surface area contributed by atoms with Gasteiger partial charge in [0.1, 0.15) is 6.29 Å². The highest BCUT2D eigenvalue weighted by Gasteiger charge is 2.49. The first-order valence-electron chi connectivity index (χ1n) is 12.5. The molecule has 1 aliphatic carbocycles. The van der Waals surface area contributed by atoms with Crippen molar-refractivity contribution in [1.29, 1.82) is 0 Å². The molecule has 1 aliphatic rings. The van der Waals surface area contributed by atoms with E-state index < -0.39 is 21.5 Å². The molecule has 6 heteroatoms. The van der Waals surface area contributed by atoms with Crippen molar-refractivity contribution in [2.45, 2.75) is 29.7 Å². The van der Waals surface area contributed by atoms with Crippen molar-refractivity contribution in [1.82, 2.24) is 4.72 Å². The summed E-state index contributed by atoms with van der Waals surface area (Å²) in [6.07, 6.45) is 3.46. The largest absolute Gasteiger partial charge is 0.303 e. The van der Waals surface area contributed by atoms with Crippen molar-refractivity contribution in [2.75, 3.05) is 0 Å². The van der Waals surface area contributed by atoms with Crippen molar-refractivity contribution in [2.24, 2.45) is 5.92 Å². The van der Waals surface area contributed by atoms with Gasteiger partial charge < -0.3 is 4.79 Å². The number of rotatable bonds is 7. The number of benzene rings is 4. The zero-order valence-corrected chi connectivity index (χ0v) is 23.3. The van der Waals surface area contributed by atoms with Gasteiger partial charge in [-0.2, -0.15) is 4.72 Å². The van der Waals surface area contributed by atoms with Gasteiger partial charge in [-0.25, -0.2) is 8.42 Å². The molecule has 5 rings (SSSR count). The van der Waals surface area contributed by atoms with Gasteiger partial charge in [-0.3, -0.25) is 0 Å². The predicted molar refractivity (Wildman–Crippen MR) is 155 cm³/mol. The molecule has 0 heterocycles. The first-order valence-corrected chi connectivity index (χ1v) is 14.7. The van der Waals surface area contributed by atoms with Gasteiger partial charge in [0.25, 0.3) is 0 Å². The summed E-state index contributed by atoms with van der Waals surface area (Å²) in [5, 5.41) is 0. The third-order valence-corrected chi connectivity index (χ3v) is 9.30. The van der Waals surface area contributed by atoms with Crippen molar-refractivity contribution in [3.8, 4) is 0 Å². The highest BCUT2D eigenvalue weighted by Crippen LogP contribution is 2.50. The van der Waals surface area contributed by atoms with E-state index in [1.54, 1.807) is 24.3 Å². The third kappa shape index (κ3) is 5.17. The summed E-state index contributed by atoms with van der Waals surface area (Å²) < 4.78 is 31.8. The van der Waals surface area contributed by atoms with Gasteiger partial charge in [-0.1, -0.05) is 112 Å². The molecule has 0 saturated heterocycles. The Morgan fingerprint density at radius 2 is 1.45 bits per heavy atom. The quantitative estimate of drug-likeness (QED) is 0.237. The average molecular weight is 587 g/mol. The number of nitrogens with one attached hydrogen (secondary N) is 1. The zero-order valence-electron chi connectivity index (χ0n) is 20.9. The lowest BCUT2D eigenvalue weighted by Gasteiger charge is -2.45. The second kappa shape index (κ2) is 10.8. The second-order valence-electron chi connectivity index (χ2n) is 9.71. The number of carbonyl (C=O) groups is 1. The SMILES string of the molecule is Cc1ccc(S(=O)(=O)N[C@@]2(c3ccccc3)C=C(c3ccccc3)C[C@H](c3ccc(Br)cc3)[C@H]2C=O)cc1. The maximum Gasteiger partial charge on any atom is 0.241 e. The van der Waals surface area contributed by atoms with Crippen molar-refractivity contribution >= 4 is 37.8 Å². The molecule has 4 nitrogen and oxygen atoms in total. The maximum atomic E-state index is 13.9. The topological polar surface area (TPSA) is 63.2 Å². The Labute approximate surface area is 232 Å². The molecule has 0 aromatic heterocycles. The second-order valence-corrected chi connectivity index (χ2v) is 12.3. The molecule has 0 aliphatic heterocycles. The van der Waals surface area contributed by atoms with Crippen LogP contribution in [0.1, 0.15) is 34.6 Å². The fourth-order valence-electron chi connectivity index (χ4n) is 5.35. The van der Waals surface area contributed by atoms with Crippen LogP contribution in [0.3, 0.4) is 0 Å². The van der Waals surface area contributed by atoms with E-state index in [9.17, 15) is 13.2 Å². The van der Waals surface area contributed by atoms with E-state index >= 15 is 0 Å². The van der Waals surface area contributed by atoms with Gasteiger partial charge >= 0.3 is 0 Å². The van der Waals surface area contributed by atoms with E-state index in [2.05, 4.69) is 20.7 Å². The van der Waals surface area contributed by atoms with Gasteiger partial charge in [0.05, 0.1) is 10.4 Å². The molecule has 4 aromatic rings. The molecule has 1 N–H and O–H groups in total. The first-order chi connectivity index (χ1) is 18.3. The Morgan fingerprint density at radius 3 is 2.05 bits per heavy atom. The summed E-state index contributed by atoms with van der Waals surface area (Å²) in [6.45, 7) is 1.91. The van der Waals surface area contributed by atoms with E-state index in [0.29, 0.717) is 12.0 Å². The van der Waals surface area contributed by atoms with Crippen LogP contribution in [-0.4, -0.2) is 14.7 Å². The Hall–Kier alpha value is -3.32. The van der Waals surface area contributed by atoms with E-state index in [1.165, 1.54) is 0 Å². The summed E-state index contributed by atoms with van der Waals surface area (Å²) in [7, 11) is -4.01. The van der Waals surface area contributed by atoms with Crippen molar-refractivity contribution < 1.29 is 13.2 Å². The van der Waals surface area contributed by atoms with Crippen LogP contribution in [0.25, 0.3) is 5.57 Å². The molecule has 0 saturated carbocycles. The fourth-order valence-corrected chi connectivity index (χ4v) is 6.98. The lowest BCUT2D eigenvalue weighted by atomic mass is 9.64. The van der Waals surface area contributed by atoms with Gasteiger partial charge in [-0.05, 0) is 65.8 Å². The number of sulfonamides is 1. The molecular weight excluding hydrogens is 558 g/mol. The molecule has 0 fully saturated rings. The Bertz CT molecular complexity index is 1550. The summed E-state index contributed by atoms with van der Waals surface area (Å²) in [4.78, 5) is 13.2. The normalized spacial score (nSPS) is 21.5. The minimum absolute atomic E-state index is 0.156. The maximum absolute atomic E-state index is 13.9. The van der Waals surface area contributed by atoms with Gasteiger partial charge in [0, 0.05) is 10.4 Å². The molecule has 38 heavy (non-hydrogen) atoms.